The second kappa shape index (κ2) is 7.74. The van der Waals surface area contributed by atoms with E-state index in [2.05, 4.69) is 5.32 Å². The summed E-state index contributed by atoms with van der Waals surface area (Å²) in [7, 11) is 0. The molecule has 0 bridgehead atoms. The van der Waals surface area contributed by atoms with Crippen LogP contribution in [0, 0.1) is 0 Å². The van der Waals surface area contributed by atoms with Crippen LogP contribution in [-0.2, 0) is 9.59 Å². The molecule has 2 aromatic carbocycles. The number of hydrogen-bond acceptors (Lipinski definition) is 5. The fraction of sp³-hybridized carbons (Fsp3) is 0.150. The summed E-state index contributed by atoms with van der Waals surface area (Å²) >= 11 is 0. The van der Waals surface area contributed by atoms with Crippen molar-refractivity contribution in [2.24, 2.45) is 0 Å². The average molecular weight is 367 g/mol. The second-order valence-electron chi connectivity index (χ2n) is 5.92. The molecule has 0 aromatic heterocycles. The van der Waals surface area contributed by atoms with Crippen molar-refractivity contribution in [1.82, 2.24) is 0 Å². The van der Waals surface area contributed by atoms with Gasteiger partial charge in [0, 0.05) is 5.56 Å². The number of fused-ring (bicyclic) bond motifs is 1. The molecule has 1 aliphatic heterocycles. The van der Waals surface area contributed by atoms with E-state index in [1.807, 2.05) is 0 Å². The largest absolute Gasteiger partial charge is 0.482 e. The molecule has 7 nitrogen and oxygen atoms in total. The van der Waals surface area contributed by atoms with Crippen LogP contribution < -0.4 is 14.8 Å². The summed E-state index contributed by atoms with van der Waals surface area (Å²) in [5.74, 6) is -0.659. The molecule has 2 N–H and O–H groups in total. The molecule has 0 radical (unpaired) electrons. The second-order valence-corrected chi connectivity index (χ2v) is 5.92. The number of carboxylic acids is 1. The molecule has 7 heteroatoms. The van der Waals surface area contributed by atoms with Gasteiger partial charge in [0.05, 0.1) is 5.69 Å². The maximum atomic E-state index is 12.4. The van der Waals surface area contributed by atoms with E-state index < -0.39 is 12.1 Å². The lowest BCUT2D eigenvalue weighted by atomic mass is 10.1. The third-order valence-corrected chi connectivity index (χ3v) is 3.84. The van der Waals surface area contributed by atoms with E-state index in [4.69, 9.17) is 14.6 Å². The summed E-state index contributed by atoms with van der Waals surface area (Å²) in [6.07, 6.45) is 2.03. The summed E-state index contributed by atoms with van der Waals surface area (Å²) in [4.78, 5) is 34.6. The summed E-state index contributed by atoms with van der Waals surface area (Å²) in [5.41, 5.74) is 1.55. The zero-order valence-corrected chi connectivity index (χ0v) is 14.5. The number of aliphatic carboxylic acids is 1. The quantitative estimate of drug-likeness (QED) is 0.601. The lowest BCUT2D eigenvalue weighted by Crippen LogP contribution is -2.25. The van der Waals surface area contributed by atoms with Gasteiger partial charge in [0.25, 0.3) is 5.91 Å². The van der Waals surface area contributed by atoms with Crippen molar-refractivity contribution in [3.05, 3.63) is 59.7 Å². The number of ether oxygens (including phenoxy) is 2. The van der Waals surface area contributed by atoms with Gasteiger partial charge in [-0.1, -0.05) is 18.2 Å². The summed E-state index contributed by atoms with van der Waals surface area (Å²) in [6, 6.07) is 11.6. The number of carbonyl (C=O) groups is 3. The monoisotopic (exact) mass is 367 g/mol. The molecule has 1 atom stereocenters. The highest BCUT2D eigenvalue weighted by atomic mass is 16.5. The molecule has 1 unspecified atom stereocenters. The normalized spacial score (nSPS) is 14.0. The fourth-order valence-corrected chi connectivity index (χ4v) is 2.45. The highest BCUT2D eigenvalue weighted by Gasteiger charge is 2.17. The zero-order chi connectivity index (χ0) is 19.4. The van der Waals surface area contributed by atoms with Gasteiger partial charge in [0.1, 0.15) is 11.5 Å². The van der Waals surface area contributed by atoms with Crippen LogP contribution in [0.5, 0.6) is 11.5 Å². The van der Waals surface area contributed by atoms with Crippen molar-refractivity contribution < 1.29 is 29.0 Å². The summed E-state index contributed by atoms with van der Waals surface area (Å²) in [6.45, 7) is 1.39. The number of carbonyl (C=O) groups excluding carboxylic acids is 2. The van der Waals surface area contributed by atoms with Crippen molar-refractivity contribution in [1.29, 1.82) is 0 Å². The Morgan fingerprint density at radius 1 is 1.26 bits per heavy atom. The number of carboxylic acid groups (broad SMARTS) is 1. The van der Waals surface area contributed by atoms with Crippen LogP contribution in [0.2, 0.25) is 0 Å². The molecular weight excluding hydrogens is 350 g/mol. The Balaban J connectivity index is 1.72. The Kier molecular flexibility index (Phi) is 5.21. The van der Waals surface area contributed by atoms with Crippen LogP contribution in [0.25, 0.3) is 6.08 Å². The van der Waals surface area contributed by atoms with E-state index >= 15 is 0 Å². The summed E-state index contributed by atoms with van der Waals surface area (Å²) in [5, 5.41) is 11.6. The van der Waals surface area contributed by atoms with E-state index in [-0.39, 0.29) is 18.3 Å². The third kappa shape index (κ3) is 4.52. The minimum Gasteiger partial charge on any atom is -0.482 e. The molecule has 1 aliphatic rings. The first-order chi connectivity index (χ1) is 12.9. The van der Waals surface area contributed by atoms with Crippen LogP contribution in [0.1, 0.15) is 22.8 Å². The molecule has 27 heavy (non-hydrogen) atoms. The van der Waals surface area contributed by atoms with E-state index in [0.717, 1.165) is 0 Å². The Morgan fingerprint density at radius 2 is 2.07 bits per heavy atom. The van der Waals surface area contributed by atoms with E-state index in [9.17, 15) is 14.4 Å². The molecule has 0 aliphatic carbocycles. The van der Waals surface area contributed by atoms with Crippen LogP contribution in [0.4, 0.5) is 5.69 Å². The van der Waals surface area contributed by atoms with Crippen LogP contribution in [-0.4, -0.2) is 35.5 Å². The van der Waals surface area contributed by atoms with Crippen molar-refractivity contribution in [3.8, 4) is 11.5 Å². The first-order valence-corrected chi connectivity index (χ1v) is 8.21. The van der Waals surface area contributed by atoms with E-state index in [1.165, 1.54) is 13.0 Å². The van der Waals surface area contributed by atoms with Gasteiger partial charge in [-0.25, -0.2) is 4.79 Å². The Hall–Kier alpha value is -3.61. The van der Waals surface area contributed by atoms with Gasteiger partial charge in [-0.3, -0.25) is 9.59 Å². The average Bonchev–Trinajstić information content (AvgIpc) is 2.65. The van der Waals surface area contributed by atoms with Gasteiger partial charge < -0.3 is 19.9 Å². The topological polar surface area (TPSA) is 102 Å². The number of rotatable bonds is 6. The molecular formula is C20H17NO6. The predicted octanol–water partition coefficient (Wildman–Crippen LogP) is 2.77. The Labute approximate surface area is 155 Å². The van der Waals surface area contributed by atoms with Crippen LogP contribution in [0.15, 0.2) is 48.5 Å². The van der Waals surface area contributed by atoms with Crippen LogP contribution in [0.3, 0.4) is 0 Å². The predicted molar refractivity (Wildman–Crippen MR) is 98.1 cm³/mol. The Bertz CT molecular complexity index is 934. The molecule has 0 fully saturated rings. The maximum absolute atomic E-state index is 12.4. The smallest absolute Gasteiger partial charge is 0.344 e. The fourth-order valence-electron chi connectivity index (χ4n) is 2.45. The summed E-state index contributed by atoms with van der Waals surface area (Å²) < 4.78 is 10.6. The molecule has 138 valence electrons. The van der Waals surface area contributed by atoms with Gasteiger partial charge >= 0.3 is 5.97 Å². The zero-order valence-electron chi connectivity index (χ0n) is 14.5. The third-order valence-electron chi connectivity index (χ3n) is 3.84. The van der Waals surface area contributed by atoms with E-state index in [0.29, 0.717) is 28.3 Å². The minimum atomic E-state index is -1.06. The molecule has 1 heterocycles. The van der Waals surface area contributed by atoms with Crippen molar-refractivity contribution >= 4 is 29.4 Å². The molecule has 3 rings (SSSR count). The van der Waals surface area contributed by atoms with Gasteiger partial charge in [-0.2, -0.15) is 0 Å². The molecule has 0 saturated carbocycles. The molecule has 2 aromatic rings. The van der Waals surface area contributed by atoms with E-state index in [1.54, 1.807) is 48.5 Å². The van der Waals surface area contributed by atoms with Gasteiger partial charge in [0.15, 0.2) is 18.5 Å². The number of nitrogens with one attached hydrogen (secondary N) is 1. The lowest BCUT2D eigenvalue weighted by Gasteiger charge is -2.17. The number of benzene rings is 2. The minimum absolute atomic E-state index is 0.0426. The van der Waals surface area contributed by atoms with Gasteiger partial charge in [-0.05, 0) is 48.9 Å². The number of ketones is 1. The highest BCUT2D eigenvalue weighted by Crippen LogP contribution is 2.28. The highest BCUT2D eigenvalue weighted by molar-refractivity contribution is 6.08. The molecule has 1 amide bonds. The van der Waals surface area contributed by atoms with Gasteiger partial charge in [-0.15, -0.1) is 0 Å². The first-order valence-electron chi connectivity index (χ1n) is 8.21. The number of allylic oxidation sites excluding steroid dienone is 1. The standard InChI is InChI=1S/C20H17NO6/c1-12(20(24)25)27-15-4-2-3-13(9-15)5-7-17(22)14-6-8-18-16(10-14)21-19(23)11-26-18/h2-10,12H,11H2,1H3,(H,21,23)(H,24,25)/b7-5+. The van der Waals surface area contributed by atoms with Crippen molar-refractivity contribution in [3.63, 3.8) is 0 Å². The Morgan fingerprint density at radius 3 is 2.85 bits per heavy atom. The van der Waals surface area contributed by atoms with Crippen molar-refractivity contribution in [2.75, 3.05) is 11.9 Å². The lowest BCUT2D eigenvalue weighted by molar-refractivity contribution is -0.144. The van der Waals surface area contributed by atoms with Crippen molar-refractivity contribution in [2.45, 2.75) is 13.0 Å². The number of anilines is 1. The van der Waals surface area contributed by atoms with Crippen LogP contribution >= 0.6 is 0 Å². The van der Waals surface area contributed by atoms with Gasteiger partial charge in [0.2, 0.25) is 0 Å². The first kappa shape index (κ1) is 18.2. The SMILES string of the molecule is CC(Oc1cccc(/C=C/C(=O)c2ccc3c(c2)NC(=O)CO3)c1)C(=O)O. The molecule has 0 spiro atoms. The number of amides is 1. The molecule has 0 saturated heterocycles. The number of hydrogen-bond donors (Lipinski definition) is 2. The maximum Gasteiger partial charge on any atom is 0.344 e.